The van der Waals surface area contributed by atoms with Crippen LogP contribution in [0.25, 0.3) is 11.0 Å². The quantitative estimate of drug-likeness (QED) is 0.921. The number of halogens is 1. The van der Waals surface area contributed by atoms with Crippen molar-refractivity contribution in [3.63, 3.8) is 0 Å². The zero-order valence-corrected chi connectivity index (χ0v) is 13.2. The highest BCUT2D eigenvalue weighted by Gasteiger charge is 2.17. The summed E-state index contributed by atoms with van der Waals surface area (Å²) in [5.74, 6) is 1.08. The predicted molar refractivity (Wildman–Crippen MR) is 85.7 cm³/mol. The van der Waals surface area contributed by atoms with Gasteiger partial charge in [0.2, 0.25) is 0 Å². The highest BCUT2D eigenvalue weighted by molar-refractivity contribution is 5.85. The standard InChI is InChI=1S/C16H22N2O.ClH/c1-11-6-14-8-15(19-16(14)7-12(11)2)10-18-5-4-17-13(3)9-18;/h6-8,13,17H,4-5,9-10H2,1-3H3;1H. The highest BCUT2D eigenvalue weighted by Crippen LogP contribution is 2.24. The van der Waals surface area contributed by atoms with Crippen LogP contribution in [0.4, 0.5) is 0 Å². The van der Waals surface area contributed by atoms with Gasteiger partial charge in [0.25, 0.3) is 0 Å². The van der Waals surface area contributed by atoms with Crippen LogP contribution in [0.2, 0.25) is 0 Å². The summed E-state index contributed by atoms with van der Waals surface area (Å²) in [4.78, 5) is 2.46. The minimum absolute atomic E-state index is 0. The minimum atomic E-state index is 0. The number of benzene rings is 1. The van der Waals surface area contributed by atoms with E-state index in [-0.39, 0.29) is 12.4 Å². The van der Waals surface area contributed by atoms with Gasteiger partial charge in [0.1, 0.15) is 11.3 Å². The maximum atomic E-state index is 5.98. The highest BCUT2D eigenvalue weighted by atomic mass is 35.5. The molecule has 1 aliphatic rings. The fraction of sp³-hybridized carbons (Fsp3) is 0.500. The molecule has 0 bridgehead atoms. The second-order valence-corrected chi connectivity index (χ2v) is 5.78. The van der Waals surface area contributed by atoms with E-state index >= 15 is 0 Å². The monoisotopic (exact) mass is 294 g/mol. The molecule has 0 spiro atoms. The van der Waals surface area contributed by atoms with Gasteiger partial charge in [0.05, 0.1) is 6.54 Å². The summed E-state index contributed by atoms with van der Waals surface area (Å²) in [7, 11) is 0. The summed E-state index contributed by atoms with van der Waals surface area (Å²) in [6.07, 6.45) is 0. The zero-order chi connectivity index (χ0) is 13.4. The molecule has 0 saturated carbocycles. The van der Waals surface area contributed by atoms with Gasteiger partial charge >= 0.3 is 0 Å². The van der Waals surface area contributed by atoms with Gasteiger partial charge in [-0.15, -0.1) is 12.4 Å². The van der Waals surface area contributed by atoms with E-state index in [1.165, 1.54) is 16.5 Å². The summed E-state index contributed by atoms with van der Waals surface area (Å²) in [5, 5.41) is 4.69. The van der Waals surface area contributed by atoms with Crippen LogP contribution in [-0.4, -0.2) is 30.6 Å². The number of nitrogens with one attached hydrogen (secondary N) is 1. The first kappa shape index (κ1) is 15.4. The molecule has 0 aliphatic carbocycles. The van der Waals surface area contributed by atoms with Crippen molar-refractivity contribution in [2.75, 3.05) is 19.6 Å². The van der Waals surface area contributed by atoms with Crippen LogP contribution in [0.1, 0.15) is 23.8 Å². The van der Waals surface area contributed by atoms with E-state index in [2.05, 4.69) is 49.2 Å². The molecule has 1 aliphatic heterocycles. The first-order valence-electron chi connectivity index (χ1n) is 7.07. The molecule has 3 rings (SSSR count). The molecule has 1 unspecified atom stereocenters. The first-order chi connectivity index (χ1) is 9.11. The Labute approximate surface area is 126 Å². The molecule has 3 nitrogen and oxygen atoms in total. The van der Waals surface area contributed by atoms with E-state index in [1.54, 1.807) is 0 Å². The van der Waals surface area contributed by atoms with Gasteiger partial charge in [-0.2, -0.15) is 0 Å². The van der Waals surface area contributed by atoms with Crippen molar-refractivity contribution < 1.29 is 4.42 Å². The second-order valence-electron chi connectivity index (χ2n) is 5.78. The number of nitrogens with zero attached hydrogens (tertiary/aromatic N) is 1. The topological polar surface area (TPSA) is 28.4 Å². The lowest BCUT2D eigenvalue weighted by Crippen LogP contribution is -2.48. The van der Waals surface area contributed by atoms with E-state index in [9.17, 15) is 0 Å². The lowest BCUT2D eigenvalue weighted by molar-refractivity contribution is 0.188. The van der Waals surface area contributed by atoms with Crippen molar-refractivity contribution >= 4 is 23.4 Å². The third-order valence-corrected chi connectivity index (χ3v) is 4.02. The minimum Gasteiger partial charge on any atom is -0.460 e. The molecule has 1 saturated heterocycles. The Hall–Kier alpha value is -1.03. The van der Waals surface area contributed by atoms with E-state index < -0.39 is 0 Å². The number of piperazine rings is 1. The molecule has 20 heavy (non-hydrogen) atoms. The largest absolute Gasteiger partial charge is 0.460 e. The average Bonchev–Trinajstić information content (AvgIpc) is 2.71. The van der Waals surface area contributed by atoms with Crippen molar-refractivity contribution in [1.82, 2.24) is 10.2 Å². The number of furan rings is 1. The Bertz CT molecular complexity index is 554. The third-order valence-electron chi connectivity index (χ3n) is 4.02. The average molecular weight is 295 g/mol. The molecule has 1 N–H and O–H groups in total. The van der Waals surface area contributed by atoms with Gasteiger partial charge in [-0.1, -0.05) is 0 Å². The van der Waals surface area contributed by atoms with Gasteiger partial charge in [0.15, 0.2) is 0 Å². The summed E-state index contributed by atoms with van der Waals surface area (Å²) >= 11 is 0. The Morgan fingerprint density at radius 2 is 2.00 bits per heavy atom. The predicted octanol–water partition coefficient (Wildman–Crippen LogP) is 3.27. The van der Waals surface area contributed by atoms with E-state index in [1.807, 2.05) is 0 Å². The SMILES string of the molecule is Cc1cc2cc(CN3CCNC(C)C3)oc2cc1C.Cl. The molecule has 1 atom stereocenters. The van der Waals surface area contributed by atoms with Crippen molar-refractivity contribution in [1.29, 1.82) is 0 Å². The van der Waals surface area contributed by atoms with Gasteiger partial charge in [-0.3, -0.25) is 4.90 Å². The fourth-order valence-electron chi connectivity index (χ4n) is 2.81. The Kier molecular flexibility index (Phi) is 4.74. The molecule has 0 radical (unpaired) electrons. The van der Waals surface area contributed by atoms with Crippen LogP contribution in [-0.2, 0) is 6.54 Å². The van der Waals surface area contributed by atoms with Crippen molar-refractivity contribution in [3.8, 4) is 0 Å². The Balaban J connectivity index is 0.00000147. The lowest BCUT2D eigenvalue weighted by atomic mass is 10.1. The van der Waals surface area contributed by atoms with Gasteiger partial charge in [-0.05, 0) is 50.1 Å². The van der Waals surface area contributed by atoms with Crippen LogP contribution in [0.5, 0.6) is 0 Å². The van der Waals surface area contributed by atoms with Crippen LogP contribution >= 0.6 is 12.4 Å². The molecule has 110 valence electrons. The number of rotatable bonds is 2. The summed E-state index contributed by atoms with van der Waals surface area (Å²) in [6, 6.07) is 7.13. The van der Waals surface area contributed by atoms with Crippen LogP contribution in [0.3, 0.4) is 0 Å². The molecule has 4 heteroatoms. The van der Waals surface area contributed by atoms with Gasteiger partial charge in [-0.25, -0.2) is 0 Å². The number of aryl methyl sites for hydroxylation is 2. The number of hydrogen-bond acceptors (Lipinski definition) is 3. The van der Waals surface area contributed by atoms with Crippen LogP contribution in [0.15, 0.2) is 22.6 Å². The molecule has 2 aromatic rings. The van der Waals surface area contributed by atoms with E-state index in [0.29, 0.717) is 6.04 Å². The number of hydrogen-bond donors (Lipinski definition) is 1. The number of fused-ring (bicyclic) bond motifs is 1. The normalized spacial score (nSPS) is 20.1. The molecule has 2 heterocycles. The van der Waals surface area contributed by atoms with E-state index in [4.69, 9.17) is 4.42 Å². The molecular weight excluding hydrogens is 272 g/mol. The van der Waals surface area contributed by atoms with E-state index in [0.717, 1.165) is 37.5 Å². The smallest absolute Gasteiger partial charge is 0.134 e. The molecular formula is C16H23ClN2O. The third kappa shape index (κ3) is 3.17. The maximum absolute atomic E-state index is 5.98. The van der Waals surface area contributed by atoms with Crippen molar-refractivity contribution in [2.24, 2.45) is 0 Å². The fourth-order valence-corrected chi connectivity index (χ4v) is 2.81. The Morgan fingerprint density at radius 3 is 2.75 bits per heavy atom. The summed E-state index contributed by atoms with van der Waals surface area (Å²) < 4.78 is 5.98. The van der Waals surface area contributed by atoms with Gasteiger partial charge < -0.3 is 9.73 Å². The second kappa shape index (κ2) is 6.17. The Morgan fingerprint density at radius 1 is 1.25 bits per heavy atom. The zero-order valence-electron chi connectivity index (χ0n) is 12.4. The molecule has 1 aromatic heterocycles. The molecule has 1 aromatic carbocycles. The summed E-state index contributed by atoms with van der Waals surface area (Å²) in [6.45, 7) is 10.7. The van der Waals surface area contributed by atoms with Crippen LogP contribution in [0, 0.1) is 13.8 Å². The lowest BCUT2D eigenvalue weighted by Gasteiger charge is -2.30. The van der Waals surface area contributed by atoms with Crippen molar-refractivity contribution in [3.05, 3.63) is 35.1 Å². The molecule has 0 amide bonds. The van der Waals surface area contributed by atoms with Crippen LogP contribution < -0.4 is 5.32 Å². The van der Waals surface area contributed by atoms with Gasteiger partial charge in [0, 0.05) is 31.1 Å². The summed E-state index contributed by atoms with van der Waals surface area (Å²) in [5.41, 5.74) is 3.64. The molecule has 1 fully saturated rings. The van der Waals surface area contributed by atoms with Crippen molar-refractivity contribution in [2.45, 2.75) is 33.4 Å². The first-order valence-corrected chi connectivity index (χ1v) is 7.07. The maximum Gasteiger partial charge on any atom is 0.134 e.